The lowest BCUT2D eigenvalue weighted by molar-refractivity contribution is 0.0520. The molecule has 10 heteroatoms. The molecule has 0 aliphatic rings. The average molecular weight is 563 g/mol. The molecule has 212 valence electrons. The topological polar surface area (TPSA) is 95.1 Å². The van der Waals surface area contributed by atoms with Crippen molar-refractivity contribution in [1.82, 2.24) is 0 Å². The molecule has 0 aromatic heterocycles. The highest BCUT2D eigenvalue weighted by atomic mass is 19.1. The van der Waals surface area contributed by atoms with E-state index in [1.165, 1.54) is 50.6 Å². The van der Waals surface area contributed by atoms with Gasteiger partial charge in [0.25, 0.3) is 0 Å². The van der Waals surface area contributed by atoms with Gasteiger partial charge in [-0.25, -0.2) is 18.4 Å². The lowest BCUT2D eigenvalue weighted by Crippen LogP contribution is -2.20. The quantitative estimate of drug-likeness (QED) is 0.203. The normalized spacial score (nSPS) is 10.6. The minimum absolute atomic E-state index is 0.0463. The van der Waals surface area contributed by atoms with Crippen molar-refractivity contribution in [1.29, 1.82) is 0 Å². The summed E-state index contributed by atoms with van der Waals surface area (Å²) < 4.78 is 49.2. The van der Waals surface area contributed by atoms with E-state index in [-0.39, 0.29) is 17.9 Å². The zero-order valence-electron chi connectivity index (χ0n) is 22.6. The Balaban J connectivity index is 1.62. The predicted molar refractivity (Wildman–Crippen MR) is 150 cm³/mol. The smallest absolute Gasteiger partial charge is 0.341 e. The second kappa shape index (κ2) is 13.3. The molecule has 0 radical (unpaired) electrons. The van der Waals surface area contributed by atoms with E-state index in [1.54, 1.807) is 55.5 Å². The predicted octanol–water partition coefficient (Wildman–Crippen LogP) is 6.97. The maximum Gasteiger partial charge on any atom is 0.341 e. The molecular formula is C31H28F2N2O6. The fraction of sp³-hybridized carbons (Fsp3) is 0.161. The van der Waals surface area contributed by atoms with Crippen molar-refractivity contribution < 1.29 is 37.3 Å². The van der Waals surface area contributed by atoms with E-state index in [4.69, 9.17) is 18.9 Å². The Morgan fingerprint density at radius 2 is 1.22 bits per heavy atom. The van der Waals surface area contributed by atoms with Crippen LogP contribution in [-0.2, 0) is 4.74 Å². The number of halogens is 2. The third-order valence-electron chi connectivity index (χ3n) is 5.96. The van der Waals surface area contributed by atoms with Gasteiger partial charge in [0.05, 0.1) is 20.8 Å². The van der Waals surface area contributed by atoms with E-state index in [9.17, 15) is 18.4 Å². The molecule has 0 saturated heterocycles. The summed E-state index contributed by atoms with van der Waals surface area (Å²) in [5.41, 5.74) is 1.93. The van der Waals surface area contributed by atoms with Crippen LogP contribution in [0.4, 0.5) is 25.0 Å². The van der Waals surface area contributed by atoms with Crippen molar-refractivity contribution in [2.24, 2.45) is 0 Å². The van der Waals surface area contributed by atoms with Gasteiger partial charge in [0.15, 0.2) is 11.5 Å². The average Bonchev–Trinajstić information content (AvgIpc) is 2.97. The number of benzene rings is 4. The summed E-state index contributed by atoms with van der Waals surface area (Å²) in [5, 5.41) is 5.38. The number of methoxy groups -OCH3 is 2. The molecule has 0 unspecified atom stereocenters. The number of rotatable bonds is 10. The first-order valence-corrected chi connectivity index (χ1v) is 12.6. The number of esters is 1. The van der Waals surface area contributed by atoms with Crippen LogP contribution in [0.3, 0.4) is 0 Å². The van der Waals surface area contributed by atoms with E-state index in [0.717, 1.165) is 0 Å². The molecule has 2 N–H and O–H groups in total. The number of urea groups is 1. The maximum absolute atomic E-state index is 13.6. The van der Waals surface area contributed by atoms with Crippen LogP contribution < -0.4 is 24.8 Å². The molecule has 0 atom stereocenters. The molecular weight excluding hydrogens is 534 g/mol. The lowest BCUT2D eigenvalue weighted by Gasteiger charge is -2.22. The number of carbonyl (C=O) groups is 2. The molecule has 0 spiro atoms. The van der Waals surface area contributed by atoms with Gasteiger partial charge in [0.1, 0.15) is 29.1 Å². The molecule has 0 fully saturated rings. The second-order valence-corrected chi connectivity index (χ2v) is 8.68. The van der Waals surface area contributed by atoms with Crippen LogP contribution in [0.2, 0.25) is 0 Å². The molecule has 41 heavy (non-hydrogen) atoms. The Labute approximate surface area is 235 Å². The van der Waals surface area contributed by atoms with Gasteiger partial charge in [-0.1, -0.05) is 24.3 Å². The molecule has 8 nitrogen and oxygen atoms in total. The minimum atomic E-state index is -0.809. The Morgan fingerprint density at radius 1 is 0.707 bits per heavy atom. The number of anilines is 2. The Bertz CT molecular complexity index is 1470. The van der Waals surface area contributed by atoms with E-state index in [2.05, 4.69) is 10.6 Å². The summed E-state index contributed by atoms with van der Waals surface area (Å²) in [7, 11) is 2.99. The van der Waals surface area contributed by atoms with Crippen molar-refractivity contribution >= 4 is 23.4 Å². The summed E-state index contributed by atoms with van der Waals surface area (Å²) in [6, 6.07) is 20.1. The standard InChI is InChI=1S/C31H28F2N2O6/c1-4-40-30(36)25-17-23(34-31(37)35-24-14-16-27(38-2)28(18-24)39-3)13-15-26(25)41-29(19-5-9-21(32)10-6-19)20-7-11-22(33)12-8-20/h5-18,29H,4H2,1-3H3,(H2,34,35,37). The van der Waals surface area contributed by atoms with Crippen molar-refractivity contribution in [3.05, 3.63) is 113 Å². The highest BCUT2D eigenvalue weighted by Crippen LogP contribution is 2.33. The number of ether oxygens (including phenoxy) is 4. The number of hydrogen-bond donors (Lipinski definition) is 2. The summed E-state index contributed by atoms with van der Waals surface area (Å²) in [5.74, 6) is -0.446. The molecule has 0 aliphatic carbocycles. The summed E-state index contributed by atoms with van der Waals surface area (Å²) >= 11 is 0. The molecule has 2 amide bonds. The first kappa shape index (κ1) is 28.9. The summed E-state index contributed by atoms with van der Waals surface area (Å²) in [6.45, 7) is 1.77. The largest absolute Gasteiger partial charge is 0.493 e. The fourth-order valence-corrected chi connectivity index (χ4v) is 4.02. The van der Waals surface area contributed by atoms with Gasteiger partial charge in [-0.3, -0.25) is 0 Å². The SMILES string of the molecule is CCOC(=O)c1cc(NC(=O)Nc2ccc(OC)c(OC)c2)ccc1OC(c1ccc(F)cc1)c1ccc(F)cc1. The van der Waals surface area contributed by atoms with E-state index >= 15 is 0 Å². The van der Waals surface area contributed by atoms with Crippen molar-refractivity contribution in [3.8, 4) is 17.2 Å². The van der Waals surface area contributed by atoms with Gasteiger partial charge in [-0.2, -0.15) is 0 Å². The lowest BCUT2D eigenvalue weighted by atomic mass is 10.0. The van der Waals surface area contributed by atoms with Gasteiger partial charge < -0.3 is 29.6 Å². The Hall–Kier alpha value is -5.12. The van der Waals surface area contributed by atoms with Crippen LogP contribution in [0, 0.1) is 11.6 Å². The van der Waals surface area contributed by atoms with E-state index in [0.29, 0.717) is 34.0 Å². The summed E-state index contributed by atoms with van der Waals surface area (Å²) in [6.07, 6.45) is -0.809. The number of carbonyl (C=O) groups excluding carboxylic acids is 2. The third kappa shape index (κ3) is 7.30. The number of amides is 2. The van der Waals surface area contributed by atoms with Crippen LogP contribution in [-0.4, -0.2) is 32.8 Å². The Kier molecular flexibility index (Phi) is 9.36. The molecule has 0 saturated carbocycles. The zero-order chi connectivity index (χ0) is 29.4. The summed E-state index contributed by atoms with van der Waals surface area (Å²) in [4.78, 5) is 25.6. The molecule has 4 aromatic rings. The van der Waals surface area contributed by atoms with Crippen molar-refractivity contribution in [2.75, 3.05) is 31.5 Å². The molecule has 4 rings (SSSR count). The molecule has 0 heterocycles. The van der Waals surface area contributed by atoms with E-state index in [1.807, 2.05) is 0 Å². The van der Waals surface area contributed by atoms with Crippen LogP contribution in [0.25, 0.3) is 0 Å². The van der Waals surface area contributed by atoms with Gasteiger partial charge in [-0.05, 0) is 72.6 Å². The van der Waals surface area contributed by atoms with Gasteiger partial charge in [0.2, 0.25) is 0 Å². The minimum Gasteiger partial charge on any atom is -0.493 e. The first-order valence-electron chi connectivity index (χ1n) is 12.6. The van der Waals surface area contributed by atoms with Crippen LogP contribution in [0.5, 0.6) is 17.2 Å². The van der Waals surface area contributed by atoms with E-state index < -0.39 is 29.7 Å². The molecule has 0 aliphatic heterocycles. The highest BCUT2D eigenvalue weighted by molar-refractivity contribution is 6.01. The van der Waals surface area contributed by atoms with Gasteiger partial charge in [-0.15, -0.1) is 0 Å². The van der Waals surface area contributed by atoms with Crippen LogP contribution in [0.1, 0.15) is 34.5 Å². The maximum atomic E-state index is 13.6. The number of nitrogens with one attached hydrogen (secondary N) is 2. The monoisotopic (exact) mass is 562 g/mol. The van der Waals surface area contributed by atoms with Gasteiger partial charge >= 0.3 is 12.0 Å². The van der Waals surface area contributed by atoms with Gasteiger partial charge in [0, 0.05) is 17.4 Å². The third-order valence-corrected chi connectivity index (χ3v) is 5.96. The van der Waals surface area contributed by atoms with Crippen molar-refractivity contribution in [3.63, 3.8) is 0 Å². The first-order chi connectivity index (χ1) is 19.8. The molecule has 4 aromatic carbocycles. The zero-order valence-corrected chi connectivity index (χ0v) is 22.6. The second-order valence-electron chi connectivity index (χ2n) is 8.68. The Morgan fingerprint density at radius 3 is 1.73 bits per heavy atom. The van der Waals surface area contributed by atoms with Crippen molar-refractivity contribution in [2.45, 2.75) is 13.0 Å². The number of hydrogen-bond acceptors (Lipinski definition) is 6. The van der Waals surface area contributed by atoms with Crippen LogP contribution >= 0.6 is 0 Å². The molecule has 0 bridgehead atoms. The highest BCUT2D eigenvalue weighted by Gasteiger charge is 2.22. The van der Waals surface area contributed by atoms with Crippen LogP contribution in [0.15, 0.2) is 84.9 Å². The fourth-order valence-electron chi connectivity index (χ4n) is 4.02.